The molecule has 0 spiro atoms. The third-order valence-corrected chi connectivity index (χ3v) is 5.57. The molecule has 0 bridgehead atoms. The zero-order valence-corrected chi connectivity index (χ0v) is 14.2. The molecule has 0 aromatic carbocycles. The Hall–Kier alpha value is -0.0800. The Labute approximate surface area is 126 Å². The summed E-state index contributed by atoms with van der Waals surface area (Å²) < 4.78 is 0. The van der Waals surface area contributed by atoms with Crippen LogP contribution in [0, 0.1) is 11.8 Å². The molecule has 2 nitrogen and oxygen atoms in total. The Balaban J connectivity index is 2.01. The average Bonchev–Trinajstić information content (AvgIpc) is 2.45. The fraction of sp³-hybridized carbons (Fsp3) is 1.00. The Morgan fingerprint density at radius 1 is 0.950 bits per heavy atom. The van der Waals surface area contributed by atoms with E-state index in [1.165, 1.54) is 58.0 Å². The van der Waals surface area contributed by atoms with Crippen molar-refractivity contribution in [1.82, 2.24) is 10.2 Å². The molecule has 3 unspecified atom stereocenters. The van der Waals surface area contributed by atoms with Gasteiger partial charge in [0, 0.05) is 24.7 Å². The molecule has 0 amide bonds. The van der Waals surface area contributed by atoms with Gasteiger partial charge in [-0.05, 0) is 57.9 Å². The molecule has 1 aliphatic carbocycles. The summed E-state index contributed by atoms with van der Waals surface area (Å²) in [5, 5.41) is 3.75. The molecule has 1 heterocycles. The number of hydrogen-bond donors (Lipinski definition) is 1. The highest BCUT2D eigenvalue weighted by molar-refractivity contribution is 4.89. The molecule has 0 aromatic heterocycles. The maximum absolute atomic E-state index is 3.75. The molecule has 1 saturated heterocycles. The molecule has 1 N–H and O–H groups in total. The number of nitrogens with one attached hydrogen (secondary N) is 1. The van der Waals surface area contributed by atoms with Crippen LogP contribution in [0.25, 0.3) is 0 Å². The van der Waals surface area contributed by atoms with Crippen LogP contribution in [-0.2, 0) is 0 Å². The van der Waals surface area contributed by atoms with E-state index in [0.717, 1.165) is 23.9 Å². The Bertz CT molecular complexity index is 269. The first-order chi connectivity index (χ1) is 9.59. The highest BCUT2D eigenvalue weighted by Crippen LogP contribution is 2.34. The minimum Gasteiger partial charge on any atom is -0.313 e. The highest BCUT2D eigenvalue weighted by atomic mass is 15.2. The van der Waals surface area contributed by atoms with Crippen LogP contribution in [0.3, 0.4) is 0 Å². The minimum absolute atomic E-state index is 0.683. The molecular weight excluding hydrogens is 244 g/mol. The zero-order chi connectivity index (χ0) is 14.5. The monoisotopic (exact) mass is 280 g/mol. The average molecular weight is 280 g/mol. The van der Waals surface area contributed by atoms with E-state index >= 15 is 0 Å². The normalized spacial score (nSPS) is 32.2. The lowest BCUT2D eigenvalue weighted by atomic mass is 9.76. The fourth-order valence-corrected chi connectivity index (χ4v) is 4.39. The van der Waals surface area contributed by atoms with Gasteiger partial charge in [-0.25, -0.2) is 0 Å². The third-order valence-electron chi connectivity index (χ3n) is 5.57. The van der Waals surface area contributed by atoms with E-state index in [0.29, 0.717) is 6.04 Å². The molecule has 0 aromatic rings. The van der Waals surface area contributed by atoms with E-state index in [2.05, 4.69) is 37.9 Å². The predicted molar refractivity (Wildman–Crippen MR) is 88.1 cm³/mol. The number of rotatable bonds is 5. The minimum atomic E-state index is 0.683. The molecule has 1 saturated carbocycles. The van der Waals surface area contributed by atoms with Gasteiger partial charge in [0.05, 0.1) is 0 Å². The first-order valence-corrected chi connectivity index (χ1v) is 9.08. The van der Waals surface area contributed by atoms with Gasteiger partial charge in [0.2, 0.25) is 0 Å². The van der Waals surface area contributed by atoms with Crippen molar-refractivity contribution in [1.29, 1.82) is 0 Å². The smallest absolute Gasteiger partial charge is 0.0195 e. The van der Waals surface area contributed by atoms with Crippen LogP contribution >= 0.6 is 0 Å². The van der Waals surface area contributed by atoms with Gasteiger partial charge >= 0.3 is 0 Å². The zero-order valence-electron chi connectivity index (χ0n) is 14.2. The van der Waals surface area contributed by atoms with E-state index in [1.54, 1.807) is 0 Å². The summed E-state index contributed by atoms with van der Waals surface area (Å²) in [6.07, 6.45) is 9.93. The highest BCUT2D eigenvalue weighted by Gasteiger charge is 2.34. The van der Waals surface area contributed by atoms with E-state index in [-0.39, 0.29) is 0 Å². The molecular formula is C18H36N2. The summed E-state index contributed by atoms with van der Waals surface area (Å²) in [5.41, 5.74) is 0. The Morgan fingerprint density at radius 2 is 1.65 bits per heavy atom. The van der Waals surface area contributed by atoms with E-state index < -0.39 is 0 Å². The van der Waals surface area contributed by atoms with Crippen molar-refractivity contribution in [2.45, 2.75) is 90.8 Å². The van der Waals surface area contributed by atoms with Crippen LogP contribution in [0.5, 0.6) is 0 Å². The molecule has 1 aliphatic heterocycles. The molecule has 20 heavy (non-hydrogen) atoms. The molecule has 2 fully saturated rings. The second-order valence-corrected chi connectivity index (χ2v) is 7.70. The fourth-order valence-electron chi connectivity index (χ4n) is 4.39. The molecule has 2 heteroatoms. The van der Waals surface area contributed by atoms with Crippen LogP contribution in [0.15, 0.2) is 0 Å². The molecule has 118 valence electrons. The summed E-state index contributed by atoms with van der Waals surface area (Å²) >= 11 is 0. The maximum atomic E-state index is 3.75. The van der Waals surface area contributed by atoms with Gasteiger partial charge < -0.3 is 5.32 Å². The number of nitrogens with zero attached hydrogens (tertiary/aromatic N) is 1. The van der Waals surface area contributed by atoms with Gasteiger partial charge in [-0.15, -0.1) is 0 Å². The lowest BCUT2D eigenvalue weighted by Crippen LogP contribution is -2.53. The SMILES string of the molecule is CC(C)C1CCCCC1N(CC1CCCCN1)C(C)C. The van der Waals surface area contributed by atoms with Crippen LogP contribution in [0.4, 0.5) is 0 Å². The van der Waals surface area contributed by atoms with Gasteiger partial charge in [-0.1, -0.05) is 33.1 Å². The van der Waals surface area contributed by atoms with Crippen molar-refractivity contribution in [3.05, 3.63) is 0 Å². The van der Waals surface area contributed by atoms with E-state index in [1.807, 2.05) is 0 Å². The molecule has 3 atom stereocenters. The van der Waals surface area contributed by atoms with Crippen LogP contribution < -0.4 is 5.32 Å². The Morgan fingerprint density at radius 3 is 2.25 bits per heavy atom. The topological polar surface area (TPSA) is 15.3 Å². The number of hydrogen-bond acceptors (Lipinski definition) is 2. The summed E-state index contributed by atoms with van der Waals surface area (Å²) in [5.74, 6) is 1.75. The Kier molecular flexibility index (Phi) is 6.35. The second kappa shape index (κ2) is 7.79. The summed E-state index contributed by atoms with van der Waals surface area (Å²) in [6, 6.07) is 2.25. The van der Waals surface area contributed by atoms with Gasteiger partial charge in [0.15, 0.2) is 0 Å². The largest absolute Gasteiger partial charge is 0.313 e. The lowest BCUT2D eigenvalue weighted by Gasteiger charge is -2.45. The first-order valence-electron chi connectivity index (χ1n) is 9.08. The van der Waals surface area contributed by atoms with Crippen LogP contribution in [0.1, 0.15) is 72.6 Å². The van der Waals surface area contributed by atoms with Crippen molar-refractivity contribution in [2.24, 2.45) is 11.8 Å². The van der Waals surface area contributed by atoms with Gasteiger partial charge in [0.1, 0.15) is 0 Å². The van der Waals surface area contributed by atoms with Gasteiger partial charge in [-0.3, -0.25) is 4.90 Å². The van der Waals surface area contributed by atoms with E-state index in [4.69, 9.17) is 0 Å². The van der Waals surface area contributed by atoms with Crippen LogP contribution in [0.2, 0.25) is 0 Å². The van der Waals surface area contributed by atoms with Gasteiger partial charge in [0.25, 0.3) is 0 Å². The first kappa shape index (κ1) is 16.3. The van der Waals surface area contributed by atoms with Crippen molar-refractivity contribution in [2.75, 3.05) is 13.1 Å². The van der Waals surface area contributed by atoms with Crippen molar-refractivity contribution in [3.63, 3.8) is 0 Å². The number of piperidine rings is 1. The van der Waals surface area contributed by atoms with E-state index in [9.17, 15) is 0 Å². The summed E-state index contributed by atoms with van der Waals surface area (Å²) in [6.45, 7) is 12.2. The standard InChI is InChI=1S/C18H36N2/c1-14(2)17-10-5-6-11-18(17)20(15(3)4)13-16-9-7-8-12-19-16/h14-19H,5-13H2,1-4H3. The van der Waals surface area contributed by atoms with Crippen molar-refractivity contribution < 1.29 is 0 Å². The van der Waals surface area contributed by atoms with Crippen molar-refractivity contribution >= 4 is 0 Å². The predicted octanol–water partition coefficient (Wildman–Crippen LogP) is 4.05. The quantitative estimate of drug-likeness (QED) is 0.817. The molecule has 2 rings (SSSR count). The van der Waals surface area contributed by atoms with Crippen LogP contribution in [-0.4, -0.2) is 36.1 Å². The summed E-state index contributed by atoms with van der Waals surface area (Å²) in [7, 11) is 0. The van der Waals surface area contributed by atoms with Crippen molar-refractivity contribution in [3.8, 4) is 0 Å². The second-order valence-electron chi connectivity index (χ2n) is 7.70. The maximum Gasteiger partial charge on any atom is 0.0195 e. The molecule has 0 radical (unpaired) electrons. The third kappa shape index (κ3) is 4.21. The van der Waals surface area contributed by atoms with Gasteiger partial charge in [-0.2, -0.15) is 0 Å². The lowest BCUT2D eigenvalue weighted by molar-refractivity contribution is 0.0441. The summed E-state index contributed by atoms with van der Waals surface area (Å²) in [4.78, 5) is 2.84. The molecule has 2 aliphatic rings.